The Labute approximate surface area is 214 Å². The summed E-state index contributed by atoms with van der Waals surface area (Å²) in [5, 5.41) is 4.51. The van der Waals surface area contributed by atoms with Crippen LogP contribution in [0.5, 0.6) is 0 Å². The van der Waals surface area contributed by atoms with Crippen molar-refractivity contribution in [3.05, 3.63) is 125 Å². The van der Waals surface area contributed by atoms with Gasteiger partial charge in [0.2, 0.25) is 0 Å². The van der Waals surface area contributed by atoms with E-state index in [1.807, 2.05) is 36.5 Å². The van der Waals surface area contributed by atoms with Gasteiger partial charge < -0.3 is 14.9 Å². The predicted octanol–water partition coefficient (Wildman–Crippen LogP) is 5.52. The molecule has 0 atom stereocenters. The molecule has 0 saturated carbocycles. The minimum absolute atomic E-state index is 0.0157. The Morgan fingerprint density at radius 3 is 2.68 bits per heavy atom. The molecular weight excluding hydrogens is 488 g/mol. The number of amides is 1. The first-order valence-electron chi connectivity index (χ1n) is 11.7. The Hall–Kier alpha value is -5.18. The number of benzene rings is 2. The average molecular weight is 508 g/mol. The molecule has 6 rings (SSSR count). The van der Waals surface area contributed by atoms with Crippen molar-refractivity contribution in [2.24, 2.45) is 0 Å². The Kier molecular flexibility index (Phi) is 5.72. The number of nitrogens with one attached hydrogen (secondary N) is 2. The van der Waals surface area contributed by atoms with Crippen LogP contribution in [0.25, 0.3) is 33.1 Å². The van der Waals surface area contributed by atoms with Crippen molar-refractivity contribution >= 4 is 33.5 Å². The third-order valence-electron chi connectivity index (χ3n) is 6.35. The van der Waals surface area contributed by atoms with Crippen LogP contribution in [0.3, 0.4) is 0 Å². The van der Waals surface area contributed by atoms with E-state index in [1.54, 1.807) is 24.5 Å². The molecule has 2 aromatic carbocycles. The molecule has 186 valence electrons. The number of carbonyl (C=O) groups excluding carboxylic acids is 1. The maximum absolute atomic E-state index is 13.6. The first kappa shape index (κ1) is 23.2. The summed E-state index contributed by atoms with van der Waals surface area (Å²) < 4.78 is 28.2. The van der Waals surface area contributed by atoms with Crippen LogP contribution in [-0.4, -0.2) is 25.4 Å². The van der Waals surface area contributed by atoms with Gasteiger partial charge in [-0.2, -0.15) is 0 Å². The van der Waals surface area contributed by atoms with E-state index in [0.29, 0.717) is 22.2 Å². The molecule has 9 heteroatoms. The number of fused-ring (bicyclic) bond motifs is 2. The first-order valence-corrected chi connectivity index (χ1v) is 11.7. The molecule has 2 N–H and O–H groups in total. The van der Waals surface area contributed by atoms with Crippen LogP contribution in [0.4, 0.5) is 14.5 Å². The molecule has 0 spiro atoms. The van der Waals surface area contributed by atoms with Crippen molar-refractivity contribution in [3.8, 4) is 11.1 Å². The summed E-state index contributed by atoms with van der Waals surface area (Å²) in [7, 11) is 0. The minimum Gasteiger partial charge on any atom is -0.346 e. The van der Waals surface area contributed by atoms with E-state index in [2.05, 4.69) is 20.3 Å². The van der Waals surface area contributed by atoms with Gasteiger partial charge in [-0.1, -0.05) is 12.1 Å². The molecule has 4 aromatic heterocycles. The van der Waals surface area contributed by atoms with Crippen molar-refractivity contribution < 1.29 is 13.6 Å². The number of halogens is 2. The lowest BCUT2D eigenvalue weighted by Crippen LogP contribution is -2.29. The number of nitrogens with zero attached hydrogens (tertiary/aromatic N) is 3. The molecule has 0 bridgehead atoms. The Balaban J connectivity index is 1.33. The van der Waals surface area contributed by atoms with Crippen LogP contribution in [-0.2, 0) is 6.54 Å². The quantitative estimate of drug-likeness (QED) is 0.322. The van der Waals surface area contributed by atoms with Gasteiger partial charge in [-0.05, 0) is 65.7 Å². The number of carbonyl (C=O) groups is 1. The second-order valence-corrected chi connectivity index (χ2v) is 8.75. The molecule has 7 nitrogen and oxygen atoms in total. The zero-order valence-electron chi connectivity index (χ0n) is 19.8. The van der Waals surface area contributed by atoms with Crippen LogP contribution in [0.1, 0.15) is 15.9 Å². The highest BCUT2D eigenvalue weighted by Gasteiger charge is 2.16. The standard InChI is InChI=1S/C29H19F2N5O2/c30-23-7-5-17(13-24(23)31)16-36-12-2-4-20(29(36)38)28(37)35-26-9-11-32-25-8-6-18(14-21(25)26)22-15-34-27-19(22)3-1-10-33-27/h1-15H,16H2,(H,33,34)(H,32,35,37). The van der Waals surface area contributed by atoms with Gasteiger partial charge in [-0.25, -0.2) is 13.8 Å². The van der Waals surface area contributed by atoms with E-state index in [9.17, 15) is 18.4 Å². The number of hydrogen-bond donors (Lipinski definition) is 2. The highest BCUT2D eigenvalue weighted by atomic mass is 19.2. The molecule has 0 aliphatic heterocycles. The largest absolute Gasteiger partial charge is 0.346 e. The van der Waals surface area contributed by atoms with E-state index in [0.717, 1.165) is 34.3 Å². The Morgan fingerprint density at radius 1 is 0.921 bits per heavy atom. The number of aromatic nitrogens is 4. The van der Waals surface area contributed by atoms with E-state index in [4.69, 9.17) is 0 Å². The molecule has 1 amide bonds. The first-order chi connectivity index (χ1) is 18.5. The zero-order chi connectivity index (χ0) is 26.2. The van der Waals surface area contributed by atoms with Gasteiger partial charge in [-0.3, -0.25) is 14.6 Å². The van der Waals surface area contributed by atoms with Crippen LogP contribution in [0.15, 0.2) is 96.3 Å². The lowest BCUT2D eigenvalue weighted by molar-refractivity contribution is 0.102. The summed E-state index contributed by atoms with van der Waals surface area (Å²) >= 11 is 0. The van der Waals surface area contributed by atoms with Crippen molar-refractivity contribution in [2.45, 2.75) is 6.54 Å². The Morgan fingerprint density at radius 2 is 1.82 bits per heavy atom. The highest BCUT2D eigenvalue weighted by molar-refractivity contribution is 6.09. The van der Waals surface area contributed by atoms with E-state index < -0.39 is 23.1 Å². The second kappa shape index (κ2) is 9.36. The molecule has 0 saturated heterocycles. The van der Waals surface area contributed by atoms with Crippen LogP contribution in [0.2, 0.25) is 0 Å². The summed E-state index contributed by atoms with van der Waals surface area (Å²) in [6.45, 7) is -0.0157. The number of rotatable bonds is 5. The van der Waals surface area contributed by atoms with Crippen molar-refractivity contribution in [2.75, 3.05) is 5.32 Å². The lowest BCUT2D eigenvalue weighted by Gasteiger charge is -2.11. The molecule has 0 aliphatic carbocycles. The lowest BCUT2D eigenvalue weighted by atomic mass is 10.0. The topological polar surface area (TPSA) is 92.7 Å². The molecule has 38 heavy (non-hydrogen) atoms. The molecule has 0 radical (unpaired) electrons. The van der Waals surface area contributed by atoms with Gasteiger partial charge in [0.25, 0.3) is 11.5 Å². The van der Waals surface area contributed by atoms with Crippen molar-refractivity contribution in [3.63, 3.8) is 0 Å². The third-order valence-corrected chi connectivity index (χ3v) is 6.35. The Bertz CT molecular complexity index is 1910. The van der Waals surface area contributed by atoms with Gasteiger partial charge in [-0.15, -0.1) is 0 Å². The van der Waals surface area contributed by atoms with Gasteiger partial charge >= 0.3 is 0 Å². The van der Waals surface area contributed by atoms with E-state index in [-0.39, 0.29) is 12.1 Å². The number of H-pyrrole nitrogens is 1. The number of pyridine rings is 3. The van der Waals surface area contributed by atoms with Crippen LogP contribution in [0, 0.1) is 11.6 Å². The minimum atomic E-state index is -1.00. The number of anilines is 1. The van der Waals surface area contributed by atoms with Gasteiger partial charge in [0.05, 0.1) is 17.7 Å². The normalized spacial score (nSPS) is 11.2. The SMILES string of the molecule is O=C(Nc1ccnc2ccc(-c3c[nH]c4ncccc34)cc12)c1cccn(Cc2ccc(F)c(F)c2)c1=O. The van der Waals surface area contributed by atoms with Gasteiger partial charge in [0, 0.05) is 41.1 Å². The maximum atomic E-state index is 13.6. The van der Waals surface area contributed by atoms with Gasteiger partial charge in [0.15, 0.2) is 11.6 Å². The van der Waals surface area contributed by atoms with Crippen LogP contribution >= 0.6 is 0 Å². The summed E-state index contributed by atoms with van der Waals surface area (Å²) in [4.78, 5) is 38.2. The van der Waals surface area contributed by atoms with Gasteiger partial charge in [0.1, 0.15) is 11.2 Å². The fourth-order valence-electron chi connectivity index (χ4n) is 4.48. The zero-order valence-corrected chi connectivity index (χ0v) is 19.8. The number of hydrogen-bond acceptors (Lipinski definition) is 4. The number of aromatic amines is 1. The fourth-order valence-corrected chi connectivity index (χ4v) is 4.48. The molecule has 0 aliphatic rings. The monoisotopic (exact) mass is 507 g/mol. The predicted molar refractivity (Wildman–Crippen MR) is 141 cm³/mol. The summed E-state index contributed by atoms with van der Waals surface area (Å²) in [5.41, 5.74) is 3.56. The molecule has 4 heterocycles. The smallest absolute Gasteiger partial charge is 0.263 e. The summed E-state index contributed by atoms with van der Waals surface area (Å²) in [6.07, 6.45) is 6.67. The van der Waals surface area contributed by atoms with Crippen molar-refractivity contribution in [1.82, 2.24) is 19.5 Å². The molecule has 0 unspecified atom stereocenters. The second-order valence-electron chi connectivity index (χ2n) is 8.75. The molecular formula is C29H19F2N5O2. The van der Waals surface area contributed by atoms with E-state index >= 15 is 0 Å². The summed E-state index contributed by atoms with van der Waals surface area (Å²) in [6, 6.07) is 17.7. The van der Waals surface area contributed by atoms with E-state index in [1.165, 1.54) is 22.9 Å². The highest BCUT2D eigenvalue weighted by Crippen LogP contribution is 2.32. The summed E-state index contributed by atoms with van der Waals surface area (Å²) in [5.74, 6) is -2.57. The maximum Gasteiger partial charge on any atom is 0.263 e. The third kappa shape index (κ3) is 4.20. The molecule has 6 aromatic rings. The van der Waals surface area contributed by atoms with Crippen LogP contribution < -0.4 is 10.9 Å². The molecule has 0 fully saturated rings. The van der Waals surface area contributed by atoms with Crippen molar-refractivity contribution in [1.29, 1.82) is 0 Å². The fraction of sp³-hybridized carbons (Fsp3) is 0.0345. The average Bonchev–Trinajstić information content (AvgIpc) is 3.36.